The Morgan fingerprint density at radius 2 is 1.83 bits per heavy atom. The van der Waals surface area contributed by atoms with E-state index < -0.39 is 0 Å². The molecule has 0 atom stereocenters. The fraction of sp³-hybridized carbons (Fsp3) is 0.400. The van der Waals surface area contributed by atoms with Gasteiger partial charge >= 0.3 is 0 Å². The first kappa shape index (κ1) is 10.1. The zero-order valence-corrected chi connectivity index (χ0v) is 9.83. The van der Waals surface area contributed by atoms with Crippen LogP contribution in [0.4, 0.5) is 0 Å². The Hall–Kier alpha value is -0.0100. The maximum atomic E-state index is 6.08. The van der Waals surface area contributed by atoms with Crippen LogP contribution in [0, 0.1) is 0 Å². The molecule has 0 saturated heterocycles. The molecule has 1 aromatic carbocycles. The van der Waals surface area contributed by atoms with Gasteiger partial charge in [-0.1, -0.05) is 54.4 Å². The van der Waals surface area contributed by atoms with E-state index in [0.717, 1.165) is 9.50 Å². The van der Waals surface area contributed by atoms with E-state index in [4.69, 9.17) is 11.6 Å². The van der Waals surface area contributed by atoms with E-state index in [1.165, 1.54) is 5.56 Å². The standard InChI is InChI=1S/C10H12BrCl/c1-10(2,3)9-7(11)5-4-6-8(9)12/h4-6H,1-3H3. The van der Waals surface area contributed by atoms with Crippen molar-refractivity contribution in [3.05, 3.63) is 33.3 Å². The van der Waals surface area contributed by atoms with Crippen LogP contribution in [-0.4, -0.2) is 0 Å². The Labute approximate surface area is 87.1 Å². The minimum Gasteiger partial charge on any atom is -0.0840 e. The summed E-state index contributed by atoms with van der Waals surface area (Å²) in [6, 6.07) is 5.89. The van der Waals surface area contributed by atoms with Crippen molar-refractivity contribution >= 4 is 27.5 Å². The quantitative estimate of drug-likeness (QED) is 0.637. The van der Waals surface area contributed by atoms with Gasteiger partial charge in [0, 0.05) is 9.50 Å². The minimum absolute atomic E-state index is 0.0944. The molecule has 0 aliphatic heterocycles. The molecule has 0 radical (unpaired) electrons. The zero-order valence-electron chi connectivity index (χ0n) is 7.49. The van der Waals surface area contributed by atoms with Crippen molar-refractivity contribution in [1.82, 2.24) is 0 Å². The lowest BCUT2D eigenvalue weighted by Crippen LogP contribution is -2.12. The van der Waals surface area contributed by atoms with Crippen molar-refractivity contribution in [3.8, 4) is 0 Å². The minimum atomic E-state index is 0.0944. The SMILES string of the molecule is CC(C)(C)c1c(Cl)cccc1Br. The van der Waals surface area contributed by atoms with Crippen LogP contribution in [0.5, 0.6) is 0 Å². The molecule has 66 valence electrons. The second-order valence-electron chi connectivity index (χ2n) is 3.85. The summed E-state index contributed by atoms with van der Waals surface area (Å²) in [5.41, 5.74) is 1.27. The summed E-state index contributed by atoms with van der Waals surface area (Å²) in [6.07, 6.45) is 0. The second kappa shape index (κ2) is 3.39. The first-order valence-corrected chi connectivity index (χ1v) is 5.04. The summed E-state index contributed by atoms with van der Waals surface area (Å²) in [7, 11) is 0. The van der Waals surface area contributed by atoms with Crippen molar-refractivity contribution in [3.63, 3.8) is 0 Å². The van der Waals surface area contributed by atoms with Crippen LogP contribution >= 0.6 is 27.5 Å². The number of benzene rings is 1. The molecule has 0 bridgehead atoms. The van der Waals surface area contributed by atoms with Crippen LogP contribution in [-0.2, 0) is 5.41 Å². The third-order valence-corrected chi connectivity index (χ3v) is 2.69. The summed E-state index contributed by atoms with van der Waals surface area (Å²) in [4.78, 5) is 0. The Balaban J connectivity index is 3.31. The van der Waals surface area contributed by atoms with Crippen molar-refractivity contribution in [2.24, 2.45) is 0 Å². The van der Waals surface area contributed by atoms with E-state index in [9.17, 15) is 0 Å². The maximum Gasteiger partial charge on any atom is 0.0454 e. The highest BCUT2D eigenvalue weighted by atomic mass is 79.9. The molecule has 0 amide bonds. The van der Waals surface area contributed by atoms with Crippen LogP contribution in [0.15, 0.2) is 22.7 Å². The molecule has 0 N–H and O–H groups in total. The predicted octanol–water partition coefficient (Wildman–Crippen LogP) is 4.40. The molecule has 0 aliphatic carbocycles. The van der Waals surface area contributed by atoms with Gasteiger partial charge in [0.25, 0.3) is 0 Å². The lowest BCUT2D eigenvalue weighted by atomic mass is 9.87. The van der Waals surface area contributed by atoms with Gasteiger partial charge in [0.2, 0.25) is 0 Å². The molecule has 12 heavy (non-hydrogen) atoms. The van der Waals surface area contributed by atoms with Gasteiger partial charge in [-0.3, -0.25) is 0 Å². The number of rotatable bonds is 0. The van der Waals surface area contributed by atoms with Crippen molar-refractivity contribution in [1.29, 1.82) is 0 Å². The molecule has 0 fully saturated rings. The van der Waals surface area contributed by atoms with E-state index >= 15 is 0 Å². The van der Waals surface area contributed by atoms with Gasteiger partial charge in [-0.25, -0.2) is 0 Å². The van der Waals surface area contributed by atoms with Crippen LogP contribution in [0.25, 0.3) is 0 Å². The third kappa shape index (κ3) is 2.02. The first-order chi connectivity index (χ1) is 5.43. The lowest BCUT2D eigenvalue weighted by Gasteiger charge is -2.21. The first-order valence-electron chi connectivity index (χ1n) is 3.87. The van der Waals surface area contributed by atoms with Gasteiger partial charge in [0.1, 0.15) is 0 Å². The molecule has 0 aliphatic rings. The zero-order chi connectivity index (χ0) is 9.35. The summed E-state index contributed by atoms with van der Waals surface area (Å²) in [5, 5.41) is 0.830. The molecular weight excluding hydrogens is 235 g/mol. The second-order valence-corrected chi connectivity index (χ2v) is 5.11. The highest BCUT2D eigenvalue weighted by Crippen LogP contribution is 2.35. The molecule has 0 heterocycles. The summed E-state index contributed by atoms with van der Waals surface area (Å²) < 4.78 is 1.09. The van der Waals surface area contributed by atoms with Gasteiger partial charge in [-0.2, -0.15) is 0 Å². The maximum absolute atomic E-state index is 6.08. The molecule has 0 spiro atoms. The van der Waals surface area contributed by atoms with Gasteiger partial charge in [0.05, 0.1) is 0 Å². The van der Waals surface area contributed by atoms with Crippen molar-refractivity contribution < 1.29 is 0 Å². The van der Waals surface area contributed by atoms with Crippen LogP contribution in [0.3, 0.4) is 0 Å². The average molecular weight is 248 g/mol. The predicted molar refractivity (Wildman–Crippen MR) is 57.9 cm³/mol. The fourth-order valence-corrected chi connectivity index (χ4v) is 2.75. The van der Waals surface area contributed by atoms with Gasteiger partial charge in [0.15, 0.2) is 0 Å². The van der Waals surface area contributed by atoms with E-state index in [0.29, 0.717) is 0 Å². The molecule has 0 unspecified atom stereocenters. The average Bonchev–Trinajstić information content (AvgIpc) is 1.82. The third-order valence-electron chi connectivity index (χ3n) is 1.71. The molecule has 0 aromatic heterocycles. The topological polar surface area (TPSA) is 0 Å². The van der Waals surface area contributed by atoms with Crippen LogP contribution in [0.1, 0.15) is 26.3 Å². The molecule has 1 aromatic rings. The van der Waals surface area contributed by atoms with Crippen molar-refractivity contribution in [2.45, 2.75) is 26.2 Å². The number of hydrogen-bond donors (Lipinski definition) is 0. The lowest BCUT2D eigenvalue weighted by molar-refractivity contribution is 0.587. The highest BCUT2D eigenvalue weighted by molar-refractivity contribution is 9.10. The number of hydrogen-bond acceptors (Lipinski definition) is 0. The number of halogens is 2. The van der Waals surface area contributed by atoms with Gasteiger partial charge in [-0.15, -0.1) is 0 Å². The Morgan fingerprint density at radius 1 is 1.25 bits per heavy atom. The van der Waals surface area contributed by atoms with Gasteiger partial charge < -0.3 is 0 Å². The summed E-state index contributed by atoms with van der Waals surface area (Å²) >= 11 is 9.58. The van der Waals surface area contributed by atoms with Gasteiger partial charge in [-0.05, 0) is 23.1 Å². The summed E-state index contributed by atoms with van der Waals surface area (Å²) in [6.45, 7) is 6.46. The molecular formula is C10H12BrCl. The Morgan fingerprint density at radius 3 is 2.17 bits per heavy atom. The van der Waals surface area contributed by atoms with E-state index in [1.54, 1.807) is 0 Å². The monoisotopic (exact) mass is 246 g/mol. The highest BCUT2D eigenvalue weighted by Gasteiger charge is 2.19. The molecule has 0 saturated carbocycles. The van der Waals surface area contributed by atoms with Crippen LogP contribution in [0.2, 0.25) is 5.02 Å². The Bertz CT molecular complexity index is 266. The van der Waals surface area contributed by atoms with E-state index in [-0.39, 0.29) is 5.41 Å². The molecule has 2 heteroatoms. The smallest absolute Gasteiger partial charge is 0.0454 e. The molecule has 1 rings (SSSR count). The van der Waals surface area contributed by atoms with E-state index in [2.05, 4.69) is 36.7 Å². The summed E-state index contributed by atoms with van der Waals surface area (Å²) in [5.74, 6) is 0. The fourth-order valence-electron chi connectivity index (χ4n) is 1.21. The van der Waals surface area contributed by atoms with Crippen molar-refractivity contribution in [2.75, 3.05) is 0 Å². The van der Waals surface area contributed by atoms with Crippen LogP contribution < -0.4 is 0 Å². The molecule has 0 nitrogen and oxygen atoms in total. The normalized spacial score (nSPS) is 11.8. The largest absolute Gasteiger partial charge is 0.0840 e. The van der Waals surface area contributed by atoms with E-state index in [1.807, 2.05) is 18.2 Å². The Kier molecular flexibility index (Phi) is 2.84.